The fraction of sp³-hybridized carbons (Fsp3) is 0.417. The molecule has 10 heteroatoms. The Labute approximate surface area is 121 Å². The van der Waals surface area contributed by atoms with Crippen molar-refractivity contribution in [3.05, 3.63) is 34.1 Å². The summed E-state index contributed by atoms with van der Waals surface area (Å²) in [6.45, 7) is -1.35. The third kappa shape index (κ3) is 2.81. The summed E-state index contributed by atoms with van der Waals surface area (Å²) >= 11 is 0. The Morgan fingerprint density at radius 2 is 2.00 bits per heavy atom. The van der Waals surface area contributed by atoms with Crippen LogP contribution in [0.4, 0.5) is 28.9 Å². The number of nitro groups is 1. The highest BCUT2D eigenvalue weighted by molar-refractivity contribution is 5.74. The predicted molar refractivity (Wildman–Crippen MR) is 65.9 cm³/mol. The zero-order chi connectivity index (χ0) is 16.7. The molecule has 0 spiro atoms. The highest BCUT2D eigenvalue weighted by Crippen LogP contribution is 2.42. The summed E-state index contributed by atoms with van der Waals surface area (Å²) in [6.07, 6.45) is -4.76. The van der Waals surface area contributed by atoms with Crippen molar-refractivity contribution >= 4 is 17.3 Å². The van der Waals surface area contributed by atoms with Crippen molar-refractivity contribution in [1.29, 1.82) is 0 Å². The number of alkyl halides is 3. The van der Waals surface area contributed by atoms with Crippen molar-refractivity contribution in [2.75, 3.05) is 18.0 Å². The van der Waals surface area contributed by atoms with Crippen LogP contribution < -0.4 is 4.90 Å². The van der Waals surface area contributed by atoms with Gasteiger partial charge in [-0.25, -0.2) is 0 Å². The van der Waals surface area contributed by atoms with Crippen LogP contribution in [-0.2, 0) is 4.79 Å². The van der Waals surface area contributed by atoms with Gasteiger partial charge in [-0.05, 0) is 12.1 Å². The zero-order valence-electron chi connectivity index (χ0n) is 10.9. The lowest BCUT2D eigenvalue weighted by Crippen LogP contribution is -2.33. The molecule has 1 saturated heterocycles. The molecule has 0 saturated carbocycles. The third-order valence-corrected chi connectivity index (χ3v) is 3.55. The van der Waals surface area contributed by atoms with Crippen LogP contribution in [0, 0.1) is 27.8 Å². The number of halogens is 4. The molecule has 1 aromatic rings. The van der Waals surface area contributed by atoms with Gasteiger partial charge < -0.3 is 10.0 Å². The molecule has 0 bridgehead atoms. The van der Waals surface area contributed by atoms with E-state index in [1.165, 1.54) is 0 Å². The molecule has 2 rings (SSSR count). The standard InChI is InChI=1S/C12H10F4N2O4/c13-8-2-1-3-9(10(8)18(21)22)17-4-6(11(19)20)7(5-17)12(14,15)16/h1-3,6-7H,4-5H2,(H,19,20)/t6-,7-/m1/s1. The molecule has 0 aliphatic carbocycles. The van der Waals surface area contributed by atoms with Gasteiger partial charge >= 0.3 is 17.8 Å². The van der Waals surface area contributed by atoms with E-state index in [4.69, 9.17) is 5.11 Å². The molecule has 120 valence electrons. The largest absolute Gasteiger partial charge is 0.481 e. The lowest BCUT2D eigenvalue weighted by atomic mass is 9.96. The number of anilines is 1. The van der Waals surface area contributed by atoms with E-state index in [1.807, 2.05) is 0 Å². The predicted octanol–water partition coefficient (Wildman–Crippen LogP) is 2.43. The summed E-state index contributed by atoms with van der Waals surface area (Å²) in [7, 11) is 0. The summed E-state index contributed by atoms with van der Waals surface area (Å²) in [6, 6.07) is 3.03. The van der Waals surface area contributed by atoms with E-state index in [2.05, 4.69) is 0 Å². The molecular weight excluding hydrogens is 312 g/mol. The quantitative estimate of drug-likeness (QED) is 0.525. The Bertz CT molecular complexity index is 620. The van der Waals surface area contributed by atoms with Crippen LogP contribution in [0.5, 0.6) is 0 Å². The topological polar surface area (TPSA) is 83.7 Å². The summed E-state index contributed by atoms with van der Waals surface area (Å²) in [5, 5.41) is 19.8. The van der Waals surface area contributed by atoms with Gasteiger partial charge in [-0.2, -0.15) is 17.6 Å². The van der Waals surface area contributed by atoms with Gasteiger partial charge in [-0.15, -0.1) is 0 Å². The van der Waals surface area contributed by atoms with E-state index in [1.54, 1.807) is 0 Å². The minimum Gasteiger partial charge on any atom is -0.481 e. The number of rotatable bonds is 3. The number of carboxylic acid groups (broad SMARTS) is 1. The number of carboxylic acids is 1. The maximum absolute atomic E-state index is 13.5. The second-order valence-electron chi connectivity index (χ2n) is 4.86. The van der Waals surface area contributed by atoms with Crippen LogP contribution in [0.3, 0.4) is 0 Å². The zero-order valence-corrected chi connectivity index (χ0v) is 10.9. The molecule has 0 amide bonds. The van der Waals surface area contributed by atoms with Crippen molar-refractivity contribution in [3.63, 3.8) is 0 Å². The van der Waals surface area contributed by atoms with Crippen molar-refractivity contribution in [2.45, 2.75) is 6.18 Å². The van der Waals surface area contributed by atoms with Gasteiger partial charge in [0.15, 0.2) is 0 Å². The monoisotopic (exact) mass is 322 g/mol. The van der Waals surface area contributed by atoms with Crippen LogP contribution in [0.1, 0.15) is 0 Å². The number of aliphatic carboxylic acids is 1. The van der Waals surface area contributed by atoms with Gasteiger partial charge in [0.05, 0.1) is 16.8 Å². The minimum atomic E-state index is -4.76. The number of benzene rings is 1. The average Bonchev–Trinajstić information content (AvgIpc) is 2.82. The van der Waals surface area contributed by atoms with Crippen LogP contribution in [0.15, 0.2) is 18.2 Å². The Hall–Kier alpha value is -2.39. The van der Waals surface area contributed by atoms with Gasteiger partial charge in [0.2, 0.25) is 5.82 Å². The van der Waals surface area contributed by atoms with E-state index in [0.717, 1.165) is 23.1 Å². The summed E-state index contributed by atoms with van der Waals surface area (Å²) in [5.41, 5.74) is -1.32. The molecule has 1 heterocycles. The second kappa shape index (κ2) is 5.43. The van der Waals surface area contributed by atoms with Gasteiger partial charge in [0.1, 0.15) is 5.69 Å². The number of nitrogens with zero attached hydrogens (tertiary/aromatic N) is 2. The van der Waals surface area contributed by atoms with E-state index in [-0.39, 0.29) is 5.69 Å². The average molecular weight is 322 g/mol. The lowest BCUT2D eigenvalue weighted by molar-refractivity contribution is -0.386. The maximum Gasteiger partial charge on any atom is 0.394 e. The first-order valence-corrected chi connectivity index (χ1v) is 6.10. The summed E-state index contributed by atoms with van der Waals surface area (Å²) < 4.78 is 52.2. The van der Waals surface area contributed by atoms with Crippen molar-refractivity contribution < 1.29 is 32.4 Å². The van der Waals surface area contributed by atoms with Gasteiger partial charge in [0.25, 0.3) is 0 Å². The Balaban J connectivity index is 2.42. The molecule has 0 radical (unpaired) electrons. The van der Waals surface area contributed by atoms with Crippen LogP contribution in [-0.4, -0.2) is 35.3 Å². The second-order valence-corrected chi connectivity index (χ2v) is 4.86. The number of carbonyl (C=O) groups is 1. The maximum atomic E-state index is 13.5. The fourth-order valence-electron chi connectivity index (χ4n) is 2.52. The summed E-state index contributed by atoms with van der Waals surface area (Å²) in [5.74, 6) is -6.77. The number of nitro benzene ring substituents is 1. The van der Waals surface area contributed by atoms with Crippen molar-refractivity contribution in [1.82, 2.24) is 0 Å². The van der Waals surface area contributed by atoms with E-state index < -0.39 is 53.5 Å². The van der Waals surface area contributed by atoms with Gasteiger partial charge in [-0.1, -0.05) is 6.07 Å². The van der Waals surface area contributed by atoms with E-state index in [0.29, 0.717) is 0 Å². The first-order chi connectivity index (χ1) is 10.1. The Morgan fingerprint density at radius 1 is 1.36 bits per heavy atom. The number of hydrogen-bond acceptors (Lipinski definition) is 4. The molecule has 0 unspecified atom stereocenters. The third-order valence-electron chi connectivity index (χ3n) is 3.55. The molecule has 1 fully saturated rings. The van der Waals surface area contributed by atoms with Crippen molar-refractivity contribution in [2.24, 2.45) is 11.8 Å². The first kappa shape index (κ1) is 16.0. The van der Waals surface area contributed by atoms with E-state index in [9.17, 15) is 32.5 Å². The Kier molecular flexibility index (Phi) is 3.94. The molecule has 1 aliphatic heterocycles. The molecule has 1 aromatic carbocycles. The highest BCUT2D eigenvalue weighted by atomic mass is 19.4. The molecule has 2 atom stereocenters. The molecule has 0 aromatic heterocycles. The molecule has 1 aliphatic rings. The molecule has 1 N–H and O–H groups in total. The minimum absolute atomic E-state index is 0.358. The lowest BCUT2D eigenvalue weighted by Gasteiger charge is -2.19. The number of para-hydroxylation sites is 1. The van der Waals surface area contributed by atoms with Crippen LogP contribution >= 0.6 is 0 Å². The van der Waals surface area contributed by atoms with E-state index >= 15 is 0 Å². The van der Waals surface area contributed by atoms with Crippen LogP contribution in [0.2, 0.25) is 0 Å². The fourth-order valence-corrected chi connectivity index (χ4v) is 2.52. The van der Waals surface area contributed by atoms with Gasteiger partial charge in [0, 0.05) is 13.1 Å². The van der Waals surface area contributed by atoms with Crippen LogP contribution in [0.25, 0.3) is 0 Å². The van der Waals surface area contributed by atoms with Gasteiger partial charge in [-0.3, -0.25) is 14.9 Å². The smallest absolute Gasteiger partial charge is 0.394 e. The molecule has 6 nitrogen and oxygen atoms in total. The Morgan fingerprint density at radius 3 is 2.45 bits per heavy atom. The highest BCUT2D eigenvalue weighted by Gasteiger charge is 2.53. The molecular formula is C12H10F4N2O4. The SMILES string of the molecule is O=C(O)[C@@H]1CN(c2cccc(F)c2[N+](=O)[O-])C[C@H]1C(F)(F)F. The first-order valence-electron chi connectivity index (χ1n) is 6.10. The molecule has 22 heavy (non-hydrogen) atoms. The normalized spacial score (nSPS) is 21.9. The van der Waals surface area contributed by atoms with Crippen molar-refractivity contribution in [3.8, 4) is 0 Å². The summed E-state index contributed by atoms with van der Waals surface area (Å²) in [4.78, 5) is 21.7. The number of hydrogen-bond donors (Lipinski definition) is 1.